The number of likely N-dealkylation sites (tertiary alicyclic amines) is 1. The molecule has 0 radical (unpaired) electrons. The van der Waals surface area contributed by atoms with Gasteiger partial charge in [-0.25, -0.2) is 9.97 Å². The number of nitrogen functional groups attached to an aromatic ring is 1. The summed E-state index contributed by atoms with van der Waals surface area (Å²) in [7, 11) is 0. The van der Waals surface area contributed by atoms with Crippen LogP contribution >= 0.6 is 0 Å². The average molecular weight is 452 g/mol. The van der Waals surface area contributed by atoms with E-state index >= 15 is 0 Å². The van der Waals surface area contributed by atoms with E-state index in [1.54, 1.807) is 12.3 Å². The largest absolute Gasteiger partial charge is 0.390 e. The zero-order valence-electron chi connectivity index (χ0n) is 19.4. The number of morpholine rings is 1. The van der Waals surface area contributed by atoms with Gasteiger partial charge in [-0.15, -0.1) is 0 Å². The van der Waals surface area contributed by atoms with E-state index in [0.717, 1.165) is 74.0 Å². The Hall–Kier alpha value is -2.75. The van der Waals surface area contributed by atoms with Gasteiger partial charge < -0.3 is 20.5 Å². The minimum Gasteiger partial charge on any atom is -0.390 e. The summed E-state index contributed by atoms with van der Waals surface area (Å²) in [4.78, 5) is 13.9. The maximum absolute atomic E-state index is 10.3. The summed E-state index contributed by atoms with van der Waals surface area (Å²) in [6, 6.07) is 7.92. The van der Waals surface area contributed by atoms with E-state index < -0.39 is 5.60 Å². The molecule has 9 nitrogen and oxygen atoms in total. The molecule has 3 aromatic heterocycles. The van der Waals surface area contributed by atoms with Crippen LogP contribution in [0.2, 0.25) is 0 Å². The van der Waals surface area contributed by atoms with Crippen molar-refractivity contribution in [2.45, 2.75) is 38.8 Å². The van der Waals surface area contributed by atoms with E-state index in [2.05, 4.69) is 26.9 Å². The molecule has 0 aliphatic carbocycles. The molecule has 9 heteroatoms. The van der Waals surface area contributed by atoms with Gasteiger partial charge in [-0.3, -0.25) is 4.90 Å². The summed E-state index contributed by atoms with van der Waals surface area (Å²) < 4.78 is 7.52. The Labute approximate surface area is 194 Å². The topological polar surface area (TPSA) is 105 Å². The number of hydrogen-bond acceptors (Lipinski definition) is 8. The Balaban J connectivity index is 1.44. The number of rotatable bonds is 5. The van der Waals surface area contributed by atoms with E-state index in [9.17, 15) is 5.11 Å². The first-order valence-corrected chi connectivity index (χ1v) is 11.8. The normalized spacial score (nSPS) is 18.8. The molecule has 0 aromatic carbocycles. The van der Waals surface area contributed by atoms with Gasteiger partial charge >= 0.3 is 0 Å². The molecular weight excluding hydrogens is 418 g/mol. The third-order valence-corrected chi connectivity index (χ3v) is 6.85. The zero-order chi connectivity index (χ0) is 23.0. The minimum atomic E-state index is -0.612. The SMILES string of the molecule is CC(C)(O)C1CCN(Cc2cc3nc(-c4ccc(N)nc4)cc(N4CCOCC4)n3n2)CC1. The highest BCUT2D eigenvalue weighted by molar-refractivity contribution is 5.67. The van der Waals surface area contributed by atoms with Gasteiger partial charge in [-0.05, 0) is 57.8 Å². The van der Waals surface area contributed by atoms with Crippen molar-refractivity contribution in [3.8, 4) is 11.3 Å². The molecule has 176 valence electrons. The second kappa shape index (κ2) is 8.89. The number of nitrogens with two attached hydrogens (primary N) is 1. The van der Waals surface area contributed by atoms with Gasteiger partial charge in [-0.1, -0.05) is 0 Å². The fourth-order valence-corrected chi connectivity index (χ4v) is 4.83. The molecule has 2 saturated heterocycles. The molecule has 2 fully saturated rings. The number of hydrogen-bond donors (Lipinski definition) is 2. The second-order valence-corrected chi connectivity index (χ2v) is 9.68. The standard InChI is InChI=1S/C24H33N7O2/c1-24(2,32)18-5-7-29(8-6-18)16-19-13-22-27-20(17-3-4-21(25)26-15-17)14-23(31(22)28-19)30-9-11-33-12-10-30/h3-4,13-15,18,32H,5-12,16H2,1-2H3,(H2,25,26). The number of nitrogens with zero attached hydrogens (tertiary/aromatic N) is 6. The number of ether oxygens (including phenoxy) is 1. The third kappa shape index (κ3) is 4.80. The summed E-state index contributed by atoms with van der Waals surface area (Å²) >= 11 is 0. The second-order valence-electron chi connectivity index (χ2n) is 9.68. The van der Waals surface area contributed by atoms with Crippen LogP contribution in [0, 0.1) is 5.92 Å². The fourth-order valence-electron chi connectivity index (χ4n) is 4.83. The quantitative estimate of drug-likeness (QED) is 0.608. The van der Waals surface area contributed by atoms with Crippen molar-refractivity contribution in [2.24, 2.45) is 5.92 Å². The first-order chi connectivity index (χ1) is 15.9. The summed E-state index contributed by atoms with van der Waals surface area (Å²) in [5.74, 6) is 1.86. The van der Waals surface area contributed by atoms with Gasteiger partial charge in [0.15, 0.2) is 5.65 Å². The number of pyridine rings is 1. The molecule has 0 unspecified atom stereocenters. The van der Waals surface area contributed by atoms with Crippen LogP contribution in [0.5, 0.6) is 0 Å². The summed E-state index contributed by atoms with van der Waals surface area (Å²) in [5, 5.41) is 15.3. The fraction of sp³-hybridized carbons (Fsp3) is 0.542. The summed E-state index contributed by atoms with van der Waals surface area (Å²) in [6.07, 6.45) is 3.77. The van der Waals surface area contributed by atoms with Crippen LogP contribution in [-0.2, 0) is 11.3 Å². The first kappa shape index (κ1) is 22.1. The lowest BCUT2D eigenvalue weighted by atomic mass is 9.83. The molecule has 0 spiro atoms. The van der Waals surface area contributed by atoms with Gasteiger partial charge in [-0.2, -0.15) is 9.61 Å². The van der Waals surface area contributed by atoms with Crippen molar-refractivity contribution in [2.75, 3.05) is 50.0 Å². The van der Waals surface area contributed by atoms with Crippen LogP contribution in [0.4, 0.5) is 11.6 Å². The van der Waals surface area contributed by atoms with Crippen molar-refractivity contribution in [1.82, 2.24) is 24.5 Å². The van der Waals surface area contributed by atoms with Crippen molar-refractivity contribution < 1.29 is 9.84 Å². The number of anilines is 2. The van der Waals surface area contributed by atoms with E-state index in [4.69, 9.17) is 20.6 Å². The Bertz CT molecular complexity index is 1090. The molecule has 2 aliphatic rings. The molecule has 0 saturated carbocycles. The van der Waals surface area contributed by atoms with Gasteiger partial charge in [0.1, 0.15) is 11.6 Å². The smallest absolute Gasteiger partial charge is 0.158 e. The van der Waals surface area contributed by atoms with E-state index in [1.807, 2.05) is 24.4 Å². The van der Waals surface area contributed by atoms with E-state index in [1.165, 1.54) is 0 Å². The number of aromatic nitrogens is 4. The predicted molar refractivity (Wildman–Crippen MR) is 128 cm³/mol. The Morgan fingerprint density at radius 3 is 2.55 bits per heavy atom. The first-order valence-electron chi connectivity index (χ1n) is 11.8. The molecule has 2 aliphatic heterocycles. The highest BCUT2D eigenvalue weighted by Crippen LogP contribution is 2.29. The van der Waals surface area contributed by atoms with Crippen molar-refractivity contribution in [3.63, 3.8) is 0 Å². The lowest BCUT2D eigenvalue weighted by Crippen LogP contribution is -2.41. The molecule has 3 aromatic rings. The summed E-state index contributed by atoms with van der Waals surface area (Å²) in [6.45, 7) is 9.59. The maximum Gasteiger partial charge on any atom is 0.158 e. The van der Waals surface area contributed by atoms with Crippen LogP contribution in [0.25, 0.3) is 16.9 Å². The minimum absolute atomic E-state index is 0.348. The number of fused-ring (bicyclic) bond motifs is 1. The molecule has 0 amide bonds. The highest BCUT2D eigenvalue weighted by Gasteiger charge is 2.30. The number of piperidine rings is 1. The third-order valence-electron chi connectivity index (χ3n) is 6.85. The van der Waals surface area contributed by atoms with Gasteiger partial charge in [0.05, 0.1) is 30.2 Å². The van der Waals surface area contributed by atoms with Gasteiger partial charge in [0, 0.05) is 43.5 Å². The molecule has 0 bridgehead atoms. The van der Waals surface area contributed by atoms with Crippen LogP contribution < -0.4 is 10.6 Å². The van der Waals surface area contributed by atoms with Crippen LogP contribution in [0.1, 0.15) is 32.4 Å². The van der Waals surface area contributed by atoms with E-state index in [0.29, 0.717) is 24.9 Å². The molecule has 33 heavy (non-hydrogen) atoms. The zero-order valence-corrected chi connectivity index (χ0v) is 19.4. The lowest BCUT2D eigenvalue weighted by Gasteiger charge is -2.37. The Morgan fingerprint density at radius 1 is 1.12 bits per heavy atom. The van der Waals surface area contributed by atoms with E-state index in [-0.39, 0.29) is 0 Å². The molecular formula is C24H33N7O2. The van der Waals surface area contributed by atoms with Crippen molar-refractivity contribution >= 4 is 17.3 Å². The van der Waals surface area contributed by atoms with Crippen LogP contribution in [0.3, 0.4) is 0 Å². The predicted octanol–water partition coefficient (Wildman–Crippen LogP) is 2.19. The average Bonchev–Trinajstić information content (AvgIpc) is 3.21. The Morgan fingerprint density at radius 2 is 1.88 bits per heavy atom. The molecule has 3 N–H and O–H groups in total. The van der Waals surface area contributed by atoms with Gasteiger partial charge in [0.25, 0.3) is 0 Å². The molecule has 5 rings (SSSR count). The highest BCUT2D eigenvalue weighted by atomic mass is 16.5. The number of aliphatic hydroxyl groups is 1. The Kier molecular flexibility index (Phi) is 5.94. The molecule has 0 atom stereocenters. The lowest BCUT2D eigenvalue weighted by molar-refractivity contribution is -0.0137. The maximum atomic E-state index is 10.3. The monoisotopic (exact) mass is 451 g/mol. The van der Waals surface area contributed by atoms with Gasteiger partial charge in [0.2, 0.25) is 0 Å². The van der Waals surface area contributed by atoms with Crippen molar-refractivity contribution in [1.29, 1.82) is 0 Å². The van der Waals surface area contributed by atoms with Crippen LogP contribution in [0.15, 0.2) is 30.5 Å². The summed E-state index contributed by atoms with van der Waals surface area (Å²) in [5.41, 5.74) is 8.78. The molecule has 5 heterocycles. The van der Waals surface area contributed by atoms with Crippen LogP contribution in [-0.4, -0.2) is 74.6 Å². The van der Waals surface area contributed by atoms with Crippen molar-refractivity contribution in [3.05, 3.63) is 36.2 Å².